The van der Waals surface area contributed by atoms with E-state index in [4.69, 9.17) is 9.15 Å². The van der Waals surface area contributed by atoms with Crippen molar-refractivity contribution in [3.05, 3.63) is 58.1 Å². The molecule has 0 fully saturated rings. The van der Waals surface area contributed by atoms with Crippen LogP contribution in [0.3, 0.4) is 0 Å². The van der Waals surface area contributed by atoms with Crippen LogP contribution in [0.25, 0.3) is 11.3 Å². The summed E-state index contributed by atoms with van der Waals surface area (Å²) in [6, 6.07) is 10.5. The molecule has 3 N–H and O–H groups in total. The number of hydrogen-bond acceptors (Lipinski definition) is 5. The zero-order chi connectivity index (χ0) is 18.7. The van der Waals surface area contributed by atoms with Crippen LogP contribution in [0, 0.1) is 6.92 Å². The highest BCUT2D eigenvalue weighted by Crippen LogP contribution is 2.21. The fraction of sp³-hybridized carbons (Fsp3) is 0.118. The monoisotopic (exact) mass is 418 g/mol. The van der Waals surface area contributed by atoms with E-state index >= 15 is 0 Å². The highest BCUT2D eigenvalue weighted by molar-refractivity contribution is 9.10. The van der Waals surface area contributed by atoms with Crippen LogP contribution < -0.4 is 15.6 Å². The van der Waals surface area contributed by atoms with Crippen molar-refractivity contribution in [1.82, 2.24) is 21.0 Å². The Balaban J connectivity index is 1.64. The first kappa shape index (κ1) is 17.7. The largest absolute Gasteiger partial charge is 0.497 e. The Morgan fingerprint density at radius 1 is 1.15 bits per heavy atom. The van der Waals surface area contributed by atoms with E-state index < -0.39 is 11.8 Å². The molecule has 26 heavy (non-hydrogen) atoms. The predicted octanol–water partition coefficient (Wildman–Crippen LogP) is 2.82. The third-order valence-corrected chi connectivity index (χ3v) is 3.98. The van der Waals surface area contributed by atoms with E-state index in [9.17, 15) is 9.59 Å². The van der Waals surface area contributed by atoms with E-state index in [1.54, 1.807) is 38.3 Å². The number of rotatable bonds is 4. The van der Waals surface area contributed by atoms with Crippen molar-refractivity contribution in [3.8, 4) is 17.0 Å². The molecule has 0 bridgehead atoms. The summed E-state index contributed by atoms with van der Waals surface area (Å²) < 4.78 is 10.8. The normalized spacial score (nSPS) is 10.4. The number of furan rings is 1. The van der Waals surface area contributed by atoms with Gasteiger partial charge in [-0.05, 0) is 59.3 Å². The minimum absolute atomic E-state index is 0.112. The van der Waals surface area contributed by atoms with E-state index in [2.05, 4.69) is 37.0 Å². The minimum Gasteiger partial charge on any atom is -0.497 e. The van der Waals surface area contributed by atoms with Gasteiger partial charge in [0.05, 0.1) is 12.8 Å². The molecular formula is C17H15BrN4O4. The number of aromatic nitrogens is 2. The molecule has 1 aromatic carbocycles. The van der Waals surface area contributed by atoms with Crippen molar-refractivity contribution in [1.29, 1.82) is 0 Å². The van der Waals surface area contributed by atoms with Crippen molar-refractivity contribution in [2.75, 3.05) is 7.11 Å². The molecule has 0 unspecified atom stereocenters. The fourth-order valence-corrected chi connectivity index (χ4v) is 2.76. The van der Waals surface area contributed by atoms with Crippen molar-refractivity contribution >= 4 is 27.7 Å². The molecule has 8 nitrogen and oxygen atoms in total. The molecule has 2 amide bonds. The molecule has 0 saturated carbocycles. The molecule has 134 valence electrons. The molecule has 2 aromatic heterocycles. The summed E-state index contributed by atoms with van der Waals surface area (Å²) >= 11 is 3.15. The third-order valence-electron chi connectivity index (χ3n) is 3.59. The number of aromatic amines is 1. The summed E-state index contributed by atoms with van der Waals surface area (Å²) in [5.74, 6) is -0.254. The first-order valence-corrected chi connectivity index (χ1v) is 8.33. The van der Waals surface area contributed by atoms with Gasteiger partial charge in [-0.15, -0.1) is 0 Å². The van der Waals surface area contributed by atoms with Crippen molar-refractivity contribution < 1.29 is 18.7 Å². The van der Waals surface area contributed by atoms with Gasteiger partial charge in [-0.2, -0.15) is 5.10 Å². The van der Waals surface area contributed by atoms with E-state index in [0.717, 1.165) is 11.3 Å². The molecule has 0 radical (unpaired) electrons. The molecule has 0 aliphatic heterocycles. The molecular weight excluding hydrogens is 404 g/mol. The van der Waals surface area contributed by atoms with Crippen molar-refractivity contribution in [3.63, 3.8) is 0 Å². The number of amides is 2. The smallest absolute Gasteiger partial charge is 0.305 e. The standard InChI is InChI=1S/C17H15BrN4O4/c1-9-7-14(18)26-15(9)17(24)22-21-16(23)13-8-12(19-20-13)10-3-5-11(25-2)6-4-10/h3-8H,1-2H3,(H,19,20)(H,21,23)(H,22,24). The zero-order valence-electron chi connectivity index (χ0n) is 13.9. The molecule has 9 heteroatoms. The molecule has 0 atom stereocenters. The summed E-state index contributed by atoms with van der Waals surface area (Å²) in [4.78, 5) is 24.2. The number of hydrogen-bond donors (Lipinski definition) is 3. The summed E-state index contributed by atoms with van der Waals surface area (Å²) in [5.41, 5.74) is 6.87. The van der Waals surface area contributed by atoms with E-state index in [0.29, 0.717) is 15.9 Å². The maximum Gasteiger partial charge on any atom is 0.305 e. The number of carbonyl (C=O) groups excluding carboxylic acids is 2. The Morgan fingerprint density at radius 3 is 2.46 bits per heavy atom. The molecule has 0 aliphatic carbocycles. The lowest BCUT2D eigenvalue weighted by Crippen LogP contribution is -2.41. The summed E-state index contributed by atoms with van der Waals surface area (Å²) in [6.45, 7) is 1.72. The van der Waals surface area contributed by atoms with Gasteiger partial charge in [0.15, 0.2) is 10.4 Å². The number of H-pyrrole nitrogens is 1. The average Bonchev–Trinajstić information content (AvgIpc) is 3.26. The van der Waals surface area contributed by atoms with Gasteiger partial charge in [-0.25, -0.2) is 0 Å². The van der Waals surface area contributed by atoms with Gasteiger partial charge < -0.3 is 9.15 Å². The topological polar surface area (TPSA) is 109 Å². The third kappa shape index (κ3) is 3.77. The molecule has 3 aromatic rings. The number of benzene rings is 1. The lowest BCUT2D eigenvalue weighted by Gasteiger charge is -2.04. The number of ether oxygens (including phenoxy) is 1. The number of nitrogens with one attached hydrogen (secondary N) is 3. The van der Waals surface area contributed by atoms with Crippen LogP contribution in [0.4, 0.5) is 0 Å². The van der Waals surface area contributed by atoms with Crippen LogP contribution in [0.1, 0.15) is 26.6 Å². The molecule has 3 rings (SSSR count). The Bertz CT molecular complexity index is 946. The summed E-state index contributed by atoms with van der Waals surface area (Å²) in [5, 5.41) is 6.74. The van der Waals surface area contributed by atoms with Crippen LogP contribution in [0.2, 0.25) is 0 Å². The second-order valence-electron chi connectivity index (χ2n) is 5.37. The van der Waals surface area contributed by atoms with Gasteiger partial charge in [-0.1, -0.05) is 0 Å². The Labute approximate surface area is 157 Å². The Morgan fingerprint density at radius 2 is 1.85 bits per heavy atom. The number of aryl methyl sites for hydroxylation is 1. The van der Waals surface area contributed by atoms with Crippen LogP contribution in [-0.4, -0.2) is 29.1 Å². The number of carbonyl (C=O) groups is 2. The molecule has 0 saturated heterocycles. The SMILES string of the molecule is COc1ccc(-c2cc(C(=O)NNC(=O)c3oc(Br)cc3C)[nH]n2)cc1. The van der Waals surface area contributed by atoms with Gasteiger partial charge in [0.2, 0.25) is 0 Å². The van der Waals surface area contributed by atoms with Gasteiger partial charge in [-0.3, -0.25) is 25.5 Å². The number of hydrazine groups is 1. The zero-order valence-corrected chi connectivity index (χ0v) is 15.5. The molecule has 2 heterocycles. The second kappa shape index (κ2) is 7.44. The van der Waals surface area contributed by atoms with Crippen LogP contribution in [0.5, 0.6) is 5.75 Å². The first-order chi connectivity index (χ1) is 12.5. The quantitative estimate of drug-likeness (QED) is 0.564. The van der Waals surface area contributed by atoms with Crippen LogP contribution in [0.15, 0.2) is 45.5 Å². The highest BCUT2D eigenvalue weighted by Gasteiger charge is 2.17. The average molecular weight is 419 g/mol. The number of halogens is 1. The first-order valence-electron chi connectivity index (χ1n) is 7.54. The Hall–Kier alpha value is -3.07. The number of nitrogens with zero attached hydrogens (tertiary/aromatic N) is 1. The van der Waals surface area contributed by atoms with E-state index in [1.807, 2.05) is 12.1 Å². The van der Waals surface area contributed by atoms with Crippen LogP contribution in [-0.2, 0) is 0 Å². The highest BCUT2D eigenvalue weighted by atomic mass is 79.9. The van der Waals surface area contributed by atoms with Gasteiger partial charge >= 0.3 is 5.91 Å². The minimum atomic E-state index is -0.559. The van der Waals surface area contributed by atoms with Crippen molar-refractivity contribution in [2.45, 2.75) is 6.92 Å². The van der Waals surface area contributed by atoms with Gasteiger partial charge in [0.1, 0.15) is 11.4 Å². The lowest BCUT2D eigenvalue weighted by molar-refractivity contribution is 0.0827. The van der Waals surface area contributed by atoms with E-state index in [-0.39, 0.29) is 11.5 Å². The number of methoxy groups -OCH3 is 1. The van der Waals surface area contributed by atoms with Crippen LogP contribution >= 0.6 is 15.9 Å². The Kier molecular flexibility index (Phi) is 5.08. The van der Waals surface area contributed by atoms with Gasteiger partial charge in [0.25, 0.3) is 5.91 Å². The van der Waals surface area contributed by atoms with Crippen molar-refractivity contribution in [2.24, 2.45) is 0 Å². The second-order valence-corrected chi connectivity index (χ2v) is 6.15. The van der Waals surface area contributed by atoms with Gasteiger partial charge in [0, 0.05) is 11.1 Å². The summed E-state index contributed by atoms with van der Waals surface area (Å²) in [6.07, 6.45) is 0. The lowest BCUT2D eigenvalue weighted by atomic mass is 10.1. The fourth-order valence-electron chi connectivity index (χ4n) is 2.25. The predicted molar refractivity (Wildman–Crippen MR) is 96.7 cm³/mol. The molecule has 0 spiro atoms. The summed E-state index contributed by atoms with van der Waals surface area (Å²) in [7, 11) is 1.59. The van der Waals surface area contributed by atoms with E-state index in [1.165, 1.54) is 0 Å². The molecule has 0 aliphatic rings. The maximum absolute atomic E-state index is 12.2. The maximum atomic E-state index is 12.2.